The zero-order chi connectivity index (χ0) is 16.5. The first-order chi connectivity index (χ1) is 11.3. The molecule has 1 aromatic heterocycles. The van der Waals surface area contributed by atoms with Gasteiger partial charge < -0.3 is 14.7 Å². The number of rotatable bonds is 12. The summed E-state index contributed by atoms with van der Waals surface area (Å²) in [6.07, 6.45) is 10.4. The molecule has 0 saturated heterocycles. The van der Waals surface area contributed by atoms with Gasteiger partial charge >= 0.3 is 0 Å². The van der Waals surface area contributed by atoms with Gasteiger partial charge in [-0.15, -0.1) is 0 Å². The van der Waals surface area contributed by atoms with Gasteiger partial charge in [-0.25, -0.2) is 4.98 Å². The molecular formula is C18H34N4O. The van der Waals surface area contributed by atoms with Crippen LogP contribution in [-0.4, -0.2) is 35.3 Å². The van der Waals surface area contributed by atoms with Crippen LogP contribution in [0.5, 0.6) is 0 Å². The lowest BCUT2D eigenvalue weighted by molar-refractivity contribution is -0.109. The Morgan fingerprint density at radius 1 is 1.09 bits per heavy atom. The first-order valence-electron chi connectivity index (χ1n) is 9.29. The zero-order valence-corrected chi connectivity index (χ0v) is 15.2. The number of fused-ring (bicyclic) bond motifs is 1. The largest absolute Gasteiger partial charge is 0.331 e. The second kappa shape index (κ2) is 10.1. The van der Waals surface area contributed by atoms with E-state index in [9.17, 15) is 0 Å². The molecule has 1 aromatic rings. The zero-order valence-electron chi connectivity index (χ0n) is 15.2. The fourth-order valence-electron chi connectivity index (χ4n) is 3.39. The van der Waals surface area contributed by atoms with Gasteiger partial charge in [0.1, 0.15) is 5.82 Å². The second-order valence-electron chi connectivity index (χ2n) is 6.53. The molecule has 1 aliphatic rings. The third-order valence-corrected chi connectivity index (χ3v) is 4.82. The number of aryl methyl sites for hydroxylation is 1. The molecule has 5 nitrogen and oxygen atoms in total. The molecule has 2 rings (SSSR count). The predicted molar refractivity (Wildman–Crippen MR) is 94.1 cm³/mol. The summed E-state index contributed by atoms with van der Waals surface area (Å²) in [6.45, 7) is 6.26. The van der Waals surface area contributed by atoms with E-state index in [0.29, 0.717) is 0 Å². The van der Waals surface area contributed by atoms with E-state index in [-0.39, 0.29) is 0 Å². The van der Waals surface area contributed by atoms with Crippen molar-refractivity contribution in [1.29, 1.82) is 0 Å². The average Bonchev–Trinajstić information content (AvgIpc) is 3.13. The fourth-order valence-corrected chi connectivity index (χ4v) is 3.39. The van der Waals surface area contributed by atoms with Gasteiger partial charge in [-0.1, -0.05) is 32.1 Å². The van der Waals surface area contributed by atoms with E-state index >= 15 is 0 Å². The molecular weight excluding hydrogens is 288 g/mol. The summed E-state index contributed by atoms with van der Waals surface area (Å²) in [5.74, 6) is 1.31. The highest BCUT2D eigenvalue weighted by Crippen LogP contribution is 2.19. The van der Waals surface area contributed by atoms with Gasteiger partial charge in [0.25, 0.3) is 0 Å². The highest BCUT2D eigenvalue weighted by Gasteiger charge is 2.19. The van der Waals surface area contributed by atoms with Gasteiger partial charge in [-0.05, 0) is 19.8 Å². The Morgan fingerprint density at radius 3 is 2.48 bits per heavy atom. The summed E-state index contributed by atoms with van der Waals surface area (Å²) in [5, 5.41) is 5.29. The predicted octanol–water partition coefficient (Wildman–Crippen LogP) is 3.27. The van der Waals surface area contributed by atoms with Gasteiger partial charge in [-0.3, -0.25) is 0 Å². The van der Waals surface area contributed by atoms with Crippen molar-refractivity contribution >= 4 is 0 Å². The maximum absolute atomic E-state index is 5.11. The Morgan fingerprint density at radius 2 is 1.78 bits per heavy atom. The molecule has 0 saturated carbocycles. The van der Waals surface area contributed by atoms with Gasteiger partial charge in [0.2, 0.25) is 0 Å². The molecule has 0 spiro atoms. The lowest BCUT2D eigenvalue weighted by Crippen LogP contribution is -2.17. The average molecular weight is 322 g/mol. The van der Waals surface area contributed by atoms with Crippen molar-refractivity contribution in [2.24, 2.45) is 0 Å². The van der Waals surface area contributed by atoms with Crippen LogP contribution < -0.4 is 5.32 Å². The Labute approximate surface area is 141 Å². The smallest absolute Gasteiger partial charge is 0.109 e. The van der Waals surface area contributed by atoms with Crippen LogP contribution in [0, 0.1) is 0 Å². The van der Waals surface area contributed by atoms with E-state index in [4.69, 9.17) is 9.82 Å². The molecule has 1 N–H and O–H groups in total. The van der Waals surface area contributed by atoms with Crippen LogP contribution in [0.25, 0.3) is 0 Å². The maximum Gasteiger partial charge on any atom is 0.109 e. The molecule has 0 amide bonds. The fraction of sp³-hybridized carbons (Fsp3) is 0.833. The number of hydrogen-bond acceptors (Lipinski definition) is 4. The number of unbranched alkanes of at least 4 members (excludes halogenated alkanes) is 6. The van der Waals surface area contributed by atoms with Crippen LogP contribution in [0.1, 0.15) is 69.1 Å². The number of aromatic nitrogens is 2. The van der Waals surface area contributed by atoms with Crippen LogP contribution in [0.4, 0.5) is 0 Å². The molecule has 0 fully saturated rings. The third kappa shape index (κ3) is 5.59. The third-order valence-electron chi connectivity index (χ3n) is 4.82. The molecule has 0 bridgehead atoms. The van der Waals surface area contributed by atoms with Gasteiger partial charge in [-0.2, -0.15) is 5.06 Å². The molecule has 0 unspecified atom stereocenters. The Kier molecular flexibility index (Phi) is 8.06. The standard InChI is InChI=1S/C18H34N4O/c1-4-22-17-15-19-14-16(17)20-18(22)12-10-8-6-5-7-9-11-13-21(2)23-3/h19H,4-15H2,1-3H3. The molecule has 2 heterocycles. The van der Waals surface area contributed by atoms with Crippen LogP contribution in [0.2, 0.25) is 0 Å². The minimum Gasteiger partial charge on any atom is -0.331 e. The van der Waals surface area contributed by atoms with Gasteiger partial charge in [0.05, 0.1) is 18.5 Å². The summed E-state index contributed by atoms with van der Waals surface area (Å²) >= 11 is 0. The molecule has 0 aromatic carbocycles. The minimum absolute atomic E-state index is 0.952. The summed E-state index contributed by atoms with van der Waals surface area (Å²) in [6, 6.07) is 0. The quantitative estimate of drug-likeness (QED) is 0.474. The normalized spacial score (nSPS) is 13.9. The Hall–Kier alpha value is -0.910. The van der Waals surface area contributed by atoms with Gasteiger partial charge in [0, 0.05) is 39.6 Å². The molecule has 132 valence electrons. The van der Waals surface area contributed by atoms with Crippen molar-refractivity contribution in [2.45, 2.75) is 77.9 Å². The highest BCUT2D eigenvalue weighted by atomic mass is 16.7. The number of nitrogens with zero attached hydrogens (tertiary/aromatic N) is 3. The molecule has 0 radical (unpaired) electrons. The number of hydrogen-bond donors (Lipinski definition) is 1. The SMILES string of the molecule is CCn1c(CCCCCCCCCN(C)OC)nc2c1CNC2. The van der Waals surface area contributed by atoms with Crippen molar-refractivity contribution in [3.63, 3.8) is 0 Å². The summed E-state index contributed by atoms with van der Waals surface area (Å²) in [7, 11) is 3.72. The van der Waals surface area contributed by atoms with Crippen LogP contribution >= 0.6 is 0 Å². The number of hydroxylamine groups is 2. The van der Waals surface area contributed by atoms with Crippen molar-refractivity contribution < 1.29 is 4.84 Å². The maximum atomic E-state index is 5.11. The van der Waals surface area contributed by atoms with Crippen molar-refractivity contribution in [2.75, 3.05) is 20.7 Å². The van der Waals surface area contributed by atoms with Crippen molar-refractivity contribution in [1.82, 2.24) is 19.9 Å². The van der Waals surface area contributed by atoms with Crippen molar-refractivity contribution in [3.8, 4) is 0 Å². The first kappa shape index (κ1) is 18.4. The minimum atomic E-state index is 0.952. The summed E-state index contributed by atoms with van der Waals surface area (Å²) in [4.78, 5) is 9.94. The lowest BCUT2D eigenvalue weighted by Gasteiger charge is -2.12. The van der Waals surface area contributed by atoms with E-state index in [0.717, 1.165) is 32.6 Å². The van der Waals surface area contributed by atoms with E-state index in [2.05, 4.69) is 16.8 Å². The van der Waals surface area contributed by atoms with Crippen molar-refractivity contribution in [3.05, 3.63) is 17.2 Å². The highest BCUT2D eigenvalue weighted by molar-refractivity contribution is 5.21. The Balaban J connectivity index is 1.53. The summed E-state index contributed by atoms with van der Waals surface area (Å²) < 4.78 is 2.42. The van der Waals surface area contributed by atoms with Crippen LogP contribution in [0.15, 0.2) is 0 Å². The number of nitrogens with one attached hydrogen (secondary N) is 1. The van der Waals surface area contributed by atoms with E-state index in [1.807, 2.05) is 12.1 Å². The second-order valence-corrected chi connectivity index (χ2v) is 6.53. The molecule has 0 atom stereocenters. The monoisotopic (exact) mass is 322 g/mol. The van der Waals surface area contributed by atoms with E-state index < -0.39 is 0 Å². The van der Waals surface area contributed by atoms with E-state index in [1.54, 1.807) is 7.11 Å². The molecule has 23 heavy (non-hydrogen) atoms. The summed E-state index contributed by atoms with van der Waals surface area (Å²) in [5.41, 5.74) is 2.70. The van der Waals surface area contributed by atoms with Crippen LogP contribution in [-0.2, 0) is 30.9 Å². The Bertz CT molecular complexity index is 458. The molecule has 1 aliphatic heterocycles. The lowest BCUT2D eigenvalue weighted by atomic mass is 10.1. The van der Waals surface area contributed by atoms with Gasteiger partial charge in [0.15, 0.2) is 0 Å². The number of imidazole rings is 1. The first-order valence-corrected chi connectivity index (χ1v) is 9.29. The molecule has 5 heteroatoms. The van der Waals surface area contributed by atoms with E-state index in [1.165, 1.54) is 62.2 Å². The van der Waals surface area contributed by atoms with Crippen LogP contribution in [0.3, 0.4) is 0 Å². The molecule has 0 aliphatic carbocycles. The topological polar surface area (TPSA) is 42.3 Å².